The van der Waals surface area contributed by atoms with Gasteiger partial charge in [-0.05, 0) is 18.6 Å². The van der Waals surface area contributed by atoms with E-state index in [1.807, 2.05) is 18.2 Å². The second kappa shape index (κ2) is 3.09. The highest BCUT2D eigenvalue weighted by Crippen LogP contribution is 2.30. The molecule has 0 aliphatic carbocycles. The Bertz CT molecular complexity index is 358. The third-order valence-electron chi connectivity index (χ3n) is 2.26. The van der Waals surface area contributed by atoms with Gasteiger partial charge < -0.3 is 10.5 Å². The first-order valence-corrected chi connectivity index (χ1v) is 4.30. The van der Waals surface area contributed by atoms with Crippen LogP contribution in [0.1, 0.15) is 12.0 Å². The number of nitrogens with zero attached hydrogens (tertiary/aromatic N) is 1. The number of benzene rings is 1. The Morgan fingerprint density at radius 3 is 3.00 bits per heavy atom. The van der Waals surface area contributed by atoms with Crippen molar-refractivity contribution >= 4 is 17.3 Å². The minimum absolute atomic E-state index is 0.790. The van der Waals surface area contributed by atoms with Gasteiger partial charge in [-0.3, -0.25) is 0 Å². The van der Waals surface area contributed by atoms with Crippen molar-refractivity contribution in [2.45, 2.75) is 12.8 Å². The lowest BCUT2D eigenvalue weighted by Crippen LogP contribution is -2.09. The van der Waals surface area contributed by atoms with Gasteiger partial charge in [0, 0.05) is 17.7 Å². The van der Waals surface area contributed by atoms with Gasteiger partial charge >= 0.3 is 0 Å². The molecule has 1 aliphatic rings. The highest BCUT2D eigenvalue weighted by molar-refractivity contribution is 5.83. The van der Waals surface area contributed by atoms with Crippen LogP contribution in [0, 0.1) is 0 Å². The number of nitrogens with two attached hydrogens (primary N) is 1. The van der Waals surface area contributed by atoms with Crippen LogP contribution >= 0.6 is 0 Å². The Balaban J connectivity index is 2.47. The molecule has 0 fully saturated rings. The summed E-state index contributed by atoms with van der Waals surface area (Å²) in [6.07, 6.45) is 1.77. The van der Waals surface area contributed by atoms with Crippen molar-refractivity contribution in [3.63, 3.8) is 0 Å². The second-order valence-electron chi connectivity index (χ2n) is 3.05. The molecule has 3 nitrogen and oxygen atoms in total. The van der Waals surface area contributed by atoms with Crippen LogP contribution in [0.15, 0.2) is 23.2 Å². The zero-order chi connectivity index (χ0) is 9.26. The van der Waals surface area contributed by atoms with E-state index in [0.717, 1.165) is 35.7 Å². The van der Waals surface area contributed by atoms with Gasteiger partial charge in [0.1, 0.15) is 0 Å². The summed E-state index contributed by atoms with van der Waals surface area (Å²) in [5.41, 5.74) is 8.74. The van der Waals surface area contributed by atoms with Crippen molar-refractivity contribution in [2.24, 2.45) is 4.99 Å². The van der Waals surface area contributed by atoms with Gasteiger partial charge in [-0.2, -0.15) is 0 Å². The number of aliphatic imine (C=N–C) groups is 1. The summed E-state index contributed by atoms with van der Waals surface area (Å²) < 4.78 is 5.10. The summed E-state index contributed by atoms with van der Waals surface area (Å²) in [6.45, 7) is 0. The van der Waals surface area contributed by atoms with E-state index in [9.17, 15) is 0 Å². The van der Waals surface area contributed by atoms with Gasteiger partial charge in [0.05, 0.1) is 12.8 Å². The molecule has 0 spiro atoms. The Morgan fingerprint density at radius 1 is 1.38 bits per heavy atom. The SMILES string of the molecule is COC1=Nc2cccc(N)c2CC1. The number of ether oxygens (including phenoxy) is 1. The molecule has 0 unspecified atom stereocenters. The highest BCUT2D eigenvalue weighted by Gasteiger charge is 2.13. The van der Waals surface area contributed by atoms with Gasteiger partial charge in [0.15, 0.2) is 5.90 Å². The van der Waals surface area contributed by atoms with Crippen molar-refractivity contribution in [2.75, 3.05) is 12.8 Å². The molecule has 0 saturated carbocycles. The largest absolute Gasteiger partial charge is 0.484 e. The Morgan fingerprint density at radius 2 is 2.23 bits per heavy atom. The monoisotopic (exact) mass is 176 g/mol. The molecule has 13 heavy (non-hydrogen) atoms. The maximum absolute atomic E-state index is 5.82. The van der Waals surface area contributed by atoms with Gasteiger partial charge in [0.2, 0.25) is 0 Å². The van der Waals surface area contributed by atoms with Crippen LogP contribution in [0.5, 0.6) is 0 Å². The van der Waals surface area contributed by atoms with E-state index >= 15 is 0 Å². The molecule has 2 rings (SSSR count). The second-order valence-corrected chi connectivity index (χ2v) is 3.05. The molecule has 1 aliphatic heterocycles. The summed E-state index contributed by atoms with van der Waals surface area (Å²) in [6, 6.07) is 5.78. The zero-order valence-corrected chi connectivity index (χ0v) is 7.58. The molecule has 0 atom stereocenters. The molecule has 0 aromatic heterocycles. The molecule has 0 bridgehead atoms. The molecular weight excluding hydrogens is 164 g/mol. The van der Waals surface area contributed by atoms with Gasteiger partial charge in [-0.25, -0.2) is 4.99 Å². The standard InChI is InChI=1S/C10H12N2O/c1-13-10-6-5-7-8(11)3-2-4-9(7)12-10/h2-4H,5-6,11H2,1H3. The number of anilines is 1. The Hall–Kier alpha value is -1.51. The fourth-order valence-corrected chi connectivity index (χ4v) is 1.54. The Kier molecular flexibility index (Phi) is 1.93. The summed E-state index contributed by atoms with van der Waals surface area (Å²) in [4.78, 5) is 4.34. The molecule has 1 aromatic carbocycles. The van der Waals surface area contributed by atoms with Gasteiger partial charge in [-0.15, -0.1) is 0 Å². The van der Waals surface area contributed by atoms with Crippen molar-refractivity contribution in [3.8, 4) is 0 Å². The molecule has 1 heterocycles. The molecule has 68 valence electrons. The highest BCUT2D eigenvalue weighted by atomic mass is 16.5. The lowest BCUT2D eigenvalue weighted by molar-refractivity contribution is 0.389. The quantitative estimate of drug-likeness (QED) is 0.613. The number of hydrogen-bond acceptors (Lipinski definition) is 3. The molecule has 2 N–H and O–H groups in total. The van der Waals surface area contributed by atoms with Crippen LogP contribution in [-0.4, -0.2) is 13.0 Å². The summed E-state index contributed by atoms with van der Waals surface area (Å²) in [5.74, 6) is 0.790. The van der Waals surface area contributed by atoms with Gasteiger partial charge in [0.25, 0.3) is 0 Å². The fraction of sp³-hybridized carbons (Fsp3) is 0.300. The third kappa shape index (κ3) is 1.37. The van der Waals surface area contributed by atoms with Crippen LogP contribution in [0.4, 0.5) is 11.4 Å². The first-order valence-electron chi connectivity index (χ1n) is 4.30. The van der Waals surface area contributed by atoms with E-state index in [4.69, 9.17) is 10.5 Å². The summed E-state index contributed by atoms with van der Waals surface area (Å²) in [7, 11) is 1.65. The van der Waals surface area contributed by atoms with Crippen LogP contribution < -0.4 is 5.73 Å². The predicted molar refractivity (Wildman–Crippen MR) is 53.3 cm³/mol. The molecule has 0 amide bonds. The normalized spacial score (nSPS) is 14.7. The fourth-order valence-electron chi connectivity index (χ4n) is 1.54. The van der Waals surface area contributed by atoms with E-state index in [1.165, 1.54) is 0 Å². The number of hydrogen-bond donors (Lipinski definition) is 1. The average Bonchev–Trinajstić information content (AvgIpc) is 2.18. The summed E-state index contributed by atoms with van der Waals surface area (Å²) in [5, 5.41) is 0. The van der Waals surface area contributed by atoms with Crippen molar-refractivity contribution < 1.29 is 4.74 Å². The minimum Gasteiger partial charge on any atom is -0.484 e. The molecule has 0 saturated heterocycles. The first-order chi connectivity index (χ1) is 6.31. The van der Waals surface area contributed by atoms with Gasteiger partial charge in [-0.1, -0.05) is 6.07 Å². The molecule has 0 radical (unpaired) electrons. The molecule has 1 aromatic rings. The predicted octanol–water partition coefficient (Wildman–Crippen LogP) is 1.89. The lowest BCUT2D eigenvalue weighted by Gasteiger charge is -2.15. The van der Waals surface area contributed by atoms with Crippen molar-refractivity contribution in [1.29, 1.82) is 0 Å². The van der Waals surface area contributed by atoms with Crippen LogP contribution in [-0.2, 0) is 11.2 Å². The smallest absolute Gasteiger partial charge is 0.188 e. The number of fused-ring (bicyclic) bond motifs is 1. The van der Waals surface area contributed by atoms with Crippen LogP contribution in [0.2, 0.25) is 0 Å². The van der Waals surface area contributed by atoms with Crippen molar-refractivity contribution in [1.82, 2.24) is 0 Å². The van der Waals surface area contributed by atoms with Crippen molar-refractivity contribution in [3.05, 3.63) is 23.8 Å². The van der Waals surface area contributed by atoms with Crippen LogP contribution in [0.3, 0.4) is 0 Å². The lowest BCUT2D eigenvalue weighted by atomic mass is 10.0. The molecule has 3 heteroatoms. The Labute approximate surface area is 77.2 Å². The van der Waals surface area contributed by atoms with Crippen LogP contribution in [0.25, 0.3) is 0 Å². The third-order valence-corrected chi connectivity index (χ3v) is 2.26. The van der Waals surface area contributed by atoms with E-state index in [0.29, 0.717) is 0 Å². The summed E-state index contributed by atoms with van der Waals surface area (Å²) >= 11 is 0. The maximum Gasteiger partial charge on any atom is 0.188 e. The van der Waals surface area contributed by atoms with E-state index in [2.05, 4.69) is 4.99 Å². The molecular formula is C10H12N2O. The number of methoxy groups -OCH3 is 1. The number of nitrogen functional groups attached to an aromatic ring is 1. The van der Waals surface area contributed by atoms with E-state index in [-0.39, 0.29) is 0 Å². The van der Waals surface area contributed by atoms with E-state index in [1.54, 1.807) is 7.11 Å². The van der Waals surface area contributed by atoms with E-state index < -0.39 is 0 Å². The average molecular weight is 176 g/mol. The minimum atomic E-state index is 0.790. The number of rotatable bonds is 0. The maximum atomic E-state index is 5.82. The topological polar surface area (TPSA) is 47.6 Å². The zero-order valence-electron chi connectivity index (χ0n) is 7.58. The first kappa shape index (κ1) is 8.10.